The van der Waals surface area contributed by atoms with Gasteiger partial charge in [-0.15, -0.1) is 0 Å². The topological polar surface area (TPSA) is 95.6 Å². The summed E-state index contributed by atoms with van der Waals surface area (Å²) < 4.78 is 24.1. The van der Waals surface area contributed by atoms with Gasteiger partial charge in [0, 0.05) is 36.8 Å². The Hall–Kier alpha value is -1.64. The van der Waals surface area contributed by atoms with Crippen LogP contribution in [0.15, 0.2) is 24.3 Å². The van der Waals surface area contributed by atoms with Crippen molar-refractivity contribution in [1.29, 1.82) is 0 Å². The molecule has 1 aliphatic heterocycles. The van der Waals surface area contributed by atoms with E-state index in [9.17, 15) is 18.0 Å². The highest BCUT2D eigenvalue weighted by Gasteiger charge is 2.34. The summed E-state index contributed by atoms with van der Waals surface area (Å²) in [6, 6.07) is 6.84. The van der Waals surface area contributed by atoms with Crippen molar-refractivity contribution < 1.29 is 18.0 Å². The average molecular weight is 360 g/mol. The Morgan fingerprint density at radius 2 is 1.96 bits per heavy atom. The third kappa shape index (κ3) is 5.19. The number of rotatable bonds is 6. The van der Waals surface area contributed by atoms with E-state index in [0.717, 1.165) is 6.26 Å². The zero-order chi connectivity index (χ0) is 17.0. The molecule has 23 heavy (non-hydrogen) atoms. The van der Waals surface area contributed by atoms with E-state index < -0.39 is 15.9 Å². The van der Waals surface area contributed by atoms with Crippen LogP contribution in [0.1, 0.15) is 6.42 Å². The lowest BCUT2D eigenvalue weighted by Gasteiger charge is -2.16. The van der Waals surface area contributed by atoms with Gasteiger partial charge in [-0.2, -0.15) is 0 Å². The highest BCUT2D eigenvalue weighted by molar-refractivity contribution is 7.88. The molecular weight excluding hydrogens is 342 g/mol. The fourth-order valence-corrected chi connectivity index (χ4v) is 2.92. The summed E-state index contributed by atoms with van der Waals surface area (Å²) in [5.41, 5.74) is 0.702. The van der Waals surface area contributed by atoms with Gasteiger partial charge in [-0.1, -0.05) is 11.6 Å². The van der Waals surface area contributed by atoms with Crippen LogP contribution in [0, 0.1) is 5.92 Å². The monoisotopic (exact) mass is 359 g/mol. The molecule has 1 aromatic carbocycles. The molecule has 1 fully saturated rings. The minimum absolute atomic E-state index is 0.117. The van der Waals surface area contributed by atoms with Crippen LogP contribution in [-0.4, -0.2) is 46.1 Å². The normalized spacial score (nSPS) is 18.3. The molecule has 0 unspecified atom stereocenters. The Labute approximate surface area is 140 Å². The second-order valence-electron chi connectivity index (χ2n) is 5.34. The van der Waals surface area contributed by atoms with Crippen molar-refractivity contribution in [3.63, 3.8) is 0 Å². The van der Waals surface area contributed by atoms with Crippen LogP contribution in [0.5, 0.6) is 0 Å². The number of nitrogens with zero attached hydrogens (tertiary/aromatic N) is 1. The van der Waals surface area contributed by atoms with Crippen LogP contribution >= 0.6 is 11.6 Å². The first-order valence-electron chi connectivity index (χ1n) is 7.04. The van der Waals surface area contributed by atoms with Gasteiger partial charge in [0.15, 0.2) is 0 Å². The van der Waals surface area contributed by atoms with E-state index in [1.54, 1.807) is 29.2 Å². The van der Waals surface area contributed by atoms with E-state index in [1.165, 1.54) is 0 Å². The van der Waals surface area contributed by atoms with Gasteiger partial charge in [-0.3, -0.25) is 9.59 Å². The standard InChI is InChI=1S/C14H18ClN3O4S/c1-23(21,22)17-7-6-16-14(20)10-8-13(19)18(9-10)12-4-2-11(15)3-5-12/h2-5,10,17H,6-9H2,1H3,(H,16,20)/t10-/m1/s1. The highest BCUT2D eigenvalue weighted by Crippen LogP contribution is 2.26. The van der Waals surface area contributed by atoms with E-state index in [1.807, 2.05) is 0 Å². The zero-order valence-electron chi connectivity index (χ0n) is 12.6. The largest absolute Gasteiger partial charge is 0.354 e. The van der Waals surface area contributed by atoms with Gasteiger partial charge in [0.1, 0.15) is 0 Å². The van der Waals surface area contributed by atoms with Gasteiger partial charge in [0.05, 0.1) is 12.2 Å². The number of hydrogen-bond acceptors (Lipinski definition) is 4. The molecule has 0 radical (unpaired) electrons. The fourth-order valence-electron chi connectivity index (χ4n) is 2.32. The van der Waals surface area contributed by atoms with Crippen LogP contribution < -0.4 is 14.9 Å². The van der Waals surface area contributed by atoms with E-state index in [0.29, 0.717) is 17.3 Å². The minimum atomic E-state index is -3.27. The van der Waals surface area contributed by atoms with Crippen molar-refractivity contribution >= 4 is 39.1 Å². The number of halogens is 1. The molecular formula is C14H18ClN3O4S. The lowest BCUT2D eigenvalue weighted by molar-refractivity contribution is -0.126. The molecule has 1 aromatic rings. The lowest BCUT2D eigenvalue weighted by atomic mass is 10.1. The molecule has 7 nitrogen and oxygen atoms in total. The molecule has 0 spiro atoms. The fraction of sp³-hybridized carbons (Fsp3) is 0.429. The summed E-state index contributed by atoms with van der Waals surface area (Å²) in [4.78, 5) is 25.7. The molecule has 2 N–H and O–H groups in total. The van der Waals surface area contributed by atoms with Crippen LogP contribution in [0.4, 0.5) is 5.69 Å². The quantitative estimate of drug-likeness (QED) is 0.717. The van der Waals surface area contributed by atoms with E-state index in [4.69, 9.17) is 11.6 Å². The second-order valence-corrected chi connectivity index (χ2v) is 7.61. The first-order chi connectivity index (χ1) is 10.8. The average Bonchev–Trinajstić information content (AvgIpc) is 2.85. The molecule has 1 saturated heterocycles. The number of sulfonamides is 1. The van der Waals surface area contributed by atoms with Gasteiger partial charge in [-0.25, -0.2) is 13.1 Å². The Balaban J connectivity index is 1.86. The third-order valence-corrected chi connectivity index (χ3v) is 4.40. The van der Waals surface area contributed by atoms with Crippen molar-refractivity contribution in [3.05, 3.63) is 29.3 Å². The molecule has 1 atom stereocenters. The maximum atomic E-state index is 12.1. The third-order valence-electron chi connectivity index (χ3n) is 3.42. The van der Waals surface area contributed by atoms with Crippen molar-refractivity contribution in [3.8, 4) is 0 Å². The van der Waals surface area contributed by atoms with Crippen LogP contribution in [-0.2, 0) is 19.6 Å². The van der Waals surface area contributed by atoms with Crippen molar-refractivity contribution in [2.45, 2.75) is 6.42 Å². The molecule has 126 valence electrons. The molecule has 0 aromatic heterocycles. The maximum absolute atomic E-state index is 12.1. The molecule has 2 rings (SSSR count). The summed E-state index contributed by atoms with van der Waals surface area (Å²) in [5.74, 6) is -0.830. The van der Waals surface area contributed by atoms with Crippen molar-refractivity contribution in [2.75, 3.05) is 30.8 Å². The van der Waals surface area contributed by atoms with E-state index >= 15 is 0 Å². The van der Waals surface area contributed by atoms with Gasteiger partial charge in [0.2, 0.25) is 21.8 Å². The highest BCUT2D eigenvalue weighted by atomic mass is 35.5. The molecule has 1 heterocycles. The number of anilines is 1. The molecule has 2 amide bonds. The number of amides is 2. The minimum Gasteiger partial charge on any atom is -0.354 e. The number of benzene rings is 1. The number of carbonyl (C=O) groups is 2. The number of carbonyl (C=O) groups excluding carboxylic acids is 2. The van der Waals surface area contributed by atoms with Gasteiger partial charge >= 0.3 is 0 Å². The Morgan fingerprint density at radius 1 is 1.30 bits per heavy atom. The van der Waals surface area contributed by atoms with Crippen LogP contribution in [0.25, 0.3) is 0 Å². The zero-order valence-corrected chi connectivity index (χ0v) is 14.2. The first-order valence-corrected chi connectivity index (χ1v) is 9.31. The first kappa shape index (κ1) is 17.7. The Morgan fingerprint density at radius 3 is 2.57 bits per heavy atom. The van der Waals surface area contributed by atoms with E-state index in [-0.39, 0.29) is 31.3 Å². The molecule has 0 saturated carbocycles. The smallest absolute Gasteiger partial charge is 0.227 e. The Bertz CT molecular complexity index is 690. The summed E-state index contributed by atoms with van der Waals surface area (Å²) >= 11 is 5.82. The summed E-state index contributed by atoms with van der Waals surface area (Å²) in [6.45, 7) is 0.593. The van der Waals surface area contributed by atoms with Crippen molar-refractivity contribution in [2.24, 2.45) is 5.92 Å². The molecule has 0 bridgehead atoms. The summed E-state index contributed by atoms with van der Waals surface area (Å²) in [5, 5.41) is 3.21. The summed E-state index contributed by atoms with van der Waals surface area (Å²) in [7, 11) is -3.27. The SMILES string of the molecule is CS(=O)(=O)NCCNC(=O)[C@@H]1CC(=O)N(c2ccc(Cl)cc2)C1. The molecule has 0 aliphatic carbocycles. The van der Waals surface area contributed by atoms with E-state index in [2.05, 4.69) is 10.0 Å². The molecule has 1 aliphatic rings. The number of hydrogen-bond donors (Lipinski definition) is 2. The van der Waals surface area contributed by atoms with Crippen LogP contribution in [0.3, 0.4) is 0 Å². The molecule has 9 heteroatoms. The second kappa shape index (κ2) is 7.29. The van der Waals surface area contributed by atoms with Gasteiger partial charge in [0.25, 0.3) is 0 Å². The van der Waals surface area contributed by atoms with Gasteiger partial charge in [-0.05, 0) is 24.3 Å². The number of nitrogens with one attached hydrogen (secondary N) is 2. The maximum Gasteiger partial charge on any atom is 0.227 e. The predicted molar refractivity (Wildman–Crippen MR) is 87.8 cm³/mol. The van der Waals surface area contributed by atoms with Crippen molar-refractivity contribution in [1.82, 2.24) is 10.0 Å². The lowest BCUT2D eigenvalue weighted by Crippen LogP contribution is -2.38. The van der Waals surface area contributed by atoms with Gasteiger partial charge < -0.3 is 10.2 Å². The van der Waals surface area contributed by atoms with Crippen LogP contribution in [0.2, 0.25) is 5.02 Å². The summed E-state index contributed by atoms with van der Waals surface area (Å²) in [6.07, 6.45) is 1.18. The Kier molecular flexibility index (Phi) is 5.61. The predicted octanol–water partition coefficient (Wildman–Crippen LogP) is 0.358.